The summed E-state index contributed by atoms with van der Waals surface area (Å²) in [6, 6.07) is 14.6. The second-order valence-corrected chi connectivity index (χ2v) is 8.56. The number of phenols is 1. The zero-order chi connectivity index (χ0) is 22.6. The smallest absolute Gasteiger partial charge is 0.243 e. The molecule has 7 nitrogen and oxygen atoms in total. The number of benzene rings is 1. The maximum Gasteiger partial charge on any atom is 0.243 e. The van der Waals surface area contributed by atoms with Crippen molar-refractivity contribution >= 4 is 5.91 Å². The van der Waals surface area contributed by atoms with Crippen LogP contribution in [-0.4, -0.2) is 56.5 Å². The first-order chi connectivity index (χ1) is 16.2. The molecule has 1 N–H and O–H groups in total. The lowest BCUT2D eigenvalue weighted by atomic mass is 10.0. The van der Waals surface area contributed by atoms with Crippen molar-refractivity contribution in [3.05, 3.63) is 90.0 Å². The van der Waals surface area contributed by atoms with Gasteiger partial charge in [-0.15, -0.1) is 0 Å². The van der Waals surface area contributed by atoms with E-state index < -0.39 is 18.4 Å². The number of likely N-dealkylation sites (tertiary alicyclic amines) is 1. The lowest BCUT2D eigenvalue weighted by molar-refractivity contribution is -0.136. The van der Waals surface area contributed by atoms with Gasteiger partial charge in [0.1, 0.15) is 24.1 Å². The van der Waals surface area contributed by atoms with Gasteiger partial charge < -0.3 is 14.7 Å². The van der Waals surface area contributed by atoms with E-state index >= 15 is 0 Å². The molecular formula is C26H28N4O3. The van der Waals surface area contributed by atoms with Gasteiger partial charge in [0.05, 0.1) is 0 Å². The van der Waals surface area contributed by atoms with Crippen LogP contribution in [0.15, 0.2) is 73.3 Å². The number of carbonyl (C=O) groups excluding carboxylic acids is 1. The lowest BCUT2D eigenvalue weighted by Gasteiger charge is -2.31. The van der Waals surface area contributed by atoms with E-state index in [9.17, 15) is 9.90 Å². The molecule has 5 rings (SSSR count). The van der Waals surface area contributed by atoms with Crippen LogP contribution in [0, 0.1) is 0 Å². The van der Waals surface area contributed by atoms with E-state index in [1.165, 1.54) is 0 Å². The topological polar surface area (TPSA) is 78.8 Å². The van der Waals surface area contributed by atoms with Gasteiger partial charge in [-0.1, -0.05) is 18.2 Å². The Kier molecular flexibility index (Phi) is 6.32. The molecule has 7 heteroatoms. The summed E-state index contributed by atoms with van der Waals surface area (Å²) in [5.74, 6) is 0.370. The predicted octanol–water partition coefficient (Wildman–Crippen LogP) is 3.49. The summed E-state index contributed by atoms with van der Waals surface area (Å²) in [6.07, 6.45) is 8.83. The van der Waals surface area contributed by atoms with Crippen LogP contribution in [0.2, 0.25) is 0 Å². The quantitative estimate of drug-likeness (QED) is 0.627. The highest BCUT2D eigenvalue weighted by Crippen LogP contribution is 2.43. The van der Waals surface area contributed by atoms with E-state index in [4.69, 9.17) is 4.74 Å². The van der Waals surface area contributed by atoms with Crippen molar-refractivity contribution in [2.45, 2.75) is 37.6 Å². The van der Waals surface area contributed by atoms with Crippen LogP contribution >= 0.6 is 0 Å². The second kappa shape index (κ2) is 9.68. The van der Waals surface area contributed by atoms with Crippen molar-refractivity contribution in [2.24, 2.45) is 0 Å². The Morgan fingerprint density at radius 3 is 2.24 bits per heavy atom. The largest absolute Gasteiger partial charge is 0.508 e. The van der Waals surface area contributed by atoms with E-state index in [1.807, 2.05) is 47.4 Å². The number of amides is 1. The number of ether oxygens (including phenoxy) is 1. The number of phenolic OH excluding ortho intramolecular Hbond substituents is 1. The lowest BCUT2D eigenvalue weighted by Crippen LogP contribution is -2.47. The van der Waals surface area contributed by atoms with Crippen molar-refractivity contribution in [3.8, 4) is 5.75 Å². The molecule has 3 aromatic rings. The van der Waals surface area contributed by atoms with Crippen LogP contribution in [-0.2, 0) is 16.0 Å². The number of aromatic nitrogens is 2. The molecule has 2 aliphatic rings. The molecule has 2 aliphatic heterocycles. The molecule has 0 unspecified atom stereocenters. The van der Waals surface area contributed by atoms with Crippen LogP contribution in [0.4, 0.5) is 0 Å². The van der Waals surface area contributed by atoms with Gasteiger partial charge in [0.2, 0.25) is 5.91 Å². The number of carbonyl (C=O) groups is 1. The zero-order valence-corrected chi connectivity index (χ0v) is 18.5. The fraction of sp³-hybridized carbons (Fsp3) is 0.346. The predicted molar refractivity (Wildman–Crippen MR) is 123 cm³/mol. The Bertz CT molecular complexity index is 1070. The molecule has 2 fully saturated rings. The van der Waals surface area contributed by atoms with Crippen molar-refractivity contribution in [1.29, 1.82) is 0 Å². The number of hydrogen-bond donors (Lipinski definition) is 1. The van der Waals surface area contributed by atoms with Crippen LogP contribution in [0.1, 0.15) is 41.9 Å². The summed E-state index contributed by atoms with van der Waals surface area (Å²) in [7, 11) is 0. The molecule has 4 heterocycles. The summed E-state index contributed by atoms with van der Waals surface area (Å²) in [4.78, 5) is 26.2. The number of aromatic hydroxyl groups is 1. The minimum atomic E-state index is -0.463. The van der Waals surface area contributed by atoms with E-state index in [0.29, 0.717) is 13.0 Å². The molecule has 33 heavy (non-hydrogen) atoms. The molecule has 170 valence electrons. The average Bonchev–Trinajstić information content (AvgIpc) is 3.53. The van der Waals surface area contributed by atoms with Crippen LogP contribution < -0.4 is 0 Å². The first-order valence-electron chi connectivity index (χ1n) is 11.5. The van der Waals surface area contributed by atoms with Crippen LogP contribution in [0.25, 0.3) is 0 Å². The van der Waals surface area contributed by atoms with Gasteiger partial charge in [-0.05, 0) is 66.3 Å². The Morgan fingerprint density at radius 1 is 0.939 bits per heavy atom. The Hall–Kier alpha value is -3.29. The molecule has 3 atom stereocenters. The minimum absolute atomic E-state index is 0.100. The third kappa shape index (κ3) is 4.47. The third-order valence-corrected chi connectivity index (χ3v) is 6.55. The van der Waals surface area contributed by atoms with E-state index in [-0.39, 0.29) is 11.7 Å². The van der Waals surface area contributed by atoms with Gasteiger partial charge >= 0.3 is 0 Å². The fourth-order valence-corrected chi connectivity index (χ4v) is 4.85. The van der Waals surface area contributed by atoms with Crippen molar-refractivity contribution in [1.82, 2.24) is 19.8 Å². The maximum atomic E-state index is 13.8. The molecule has 0 bridgehead atoms. The molecule has 0 radical (unpaired) electrons. The van der Waals surface area contributed by atoms with Crippen molar-refractivity contribution in [2.75, 3.05) is 19.6 Å². The molecular weight excluding hydrogens is 416 g/mol. The normalized spacial score (nSPS) is 23.2. The molecule has 2 aromatic heterocycles. The highest BCUT2D eigenvalue weighted by atomic mass is 16.5. The van der Waals surface area contributed by atoms with Gasteiger partial charge in [-0.3, -0.25) is 19.7 Å². The maximum absolute atomic E-state index is 13.8. The van der Waals surface area contributed by atoms with E-state index in [1.54, 1.807) is 30.9 Å². The number of pyridine rings is 2. The number of hydrogen-bond acceptors (Lipinski definition) is 6. The Balaban J connectivity index is 1.52. The number of para-hydroxylation sites is 1. The average molecular weight is 445 g/mol. The molecule has 0 aliphatic carbocycles. The molecule has 1 aromatic carbocycles. The number of nitrogens with zero attached hydrogens (tertiary/aromatic N) is 4. The van der Waals surface area contributed by atoms with Crippen LogP contribution in [0.5, 0.6) is 5.75 Å². The minimum Gasteiger partial charge on any atom is -0.508 e. The summed E-state index contributed by atoms with van der Waals surface area (Å²) in [5, 5.41) is 10.3. The van der Waals surface area contributed by atoms with E-state index in [2.05, 4.69) is 14.9 Å². The molecule has 2 saturated heterocycles. The monoisotopic (exact) mass is 444 g/mol. The van der Waals surface area contributed by atoms with Gasteiger partial charge in [-0.25, -0.2) is 0 Å². The number of rotatable bonds is 6. The summed E-state index contributed by atoms with van der Waals surface area (Å²) < 4.78 is 6.62. The zero-order valence-electron chi connectivity index (χ0n) is 18.5. The SMILES string of the molecule is O=C([C@@H]1[C@@H](c2ccncc2)O[C@H](c2ccncc2)N1CCc1ccccc1O)N1CCCC1. The van der Waals surface area contributed by atoms with E-state index in [0.717, 1.165) is 42.6 Å². The summed E-state index contributed by atoms with van der Waals surface area (Å²) >= 11 is 0. The fourth-order valence-electron chi connectivity index (χ4n) is 4.85. The van der Waals surface area contributed by atoms with Gasteiger partial charge in [0, 0.05) is 44.4 Å². The first-order valence-corrected chi connectivity index (χ1v) is 11.5. The van der Waals surface area contributed by atoms with Gasteiger partial charge in [0.25, 0.3) is 0 Å². The summed E-state index contributed by atoms with van der Waals surface area (Å²) in [6.45, 7) is 2.13. The van der Waals surface area contributed by atoms with Crippen molar-refractivity contribution < 1.29 is 14.6 Å². The summed E-state index contributed by atoms with van der Waals surface area (Å²) in [5.41, 5.74) is 2.75. The Labute approximate surface area is 193 Å². The molecule has 0 saturated carbocycles. The van der Waals surface area contributed by atoms with Crippen molar-refractivity contribution in [3.63, 3.8) is 0 Å². The Morgan fingerprint density at radius 2 is 1.58 bits per heavy atom. The standard InChI is InChI=1S/C26H28N4O3/c31-22-6-2-1-5-19(22)11-18-30-23(25(32)29-16-3-4-17-29)24(20-7-12-27-13-8-20)33-26(30)21-9-14-28-15-10-21/h1-2,5-10,12-15,23-24,26,31H,3-4,11,16-18H2/t23-,24+,26+/m0/s1. The highest BCUT2D eigenvalue weighted by Gasteiger charge is 2.48. The van der Waals surface area contributed by atoms with Gasteiger partial charge in [-0.2, -0.15) is 0 Å². The molecule has 0 spiro atoms. The second-order valence-electron chi connectivity index (χ2n) is 8.56. The first kappa shape index (κ1) is 21.6. The molecule has 1 amide bonds. The highest BCUT2D eigenvalue weighted by molar-refractivity contribution is 5.83. The van der Waals surface area contributed by atoms with Gasteiger partial charge in [0.15, 0.2) is 0 Å². The third-order valence-electron chi connectivity index (χ3n) is 6.55. The van der Waals surface area contributed by atoms with Crippen LogP contribution in [0.3, 0.4) is 0 Å².